The molecule has 1 aliphatic rings. The number of carbonyl (C=O) groups is 2. The van der Waals surface area contributed by atoms with E-state index in [0.717, 1.165) is 22.5 Å². The van der Waals surface area contributed by atoms with Crippen molar-refractivity contribution in [2.75, 3.05) is 24.0 Å². The fourth-order valence-electron chi connectivity index (χ4n) is 3.69. The third-order valence-corrected chi connectivity index (χ3v) is 6.37. The van der Waals surface area contributed by atoms with E-state index in [1.54, 1.807) is 16.9 Å². The highest BCUT2D eigenvalue weighted by Crippen LogP contribution is 2.36. The molecule has 0 unspecified atom stereocenters. The number of nitrogens with one attached hydrogen (secondary N) is 1. The molecule has 1 aliphatic heterocycles. The summed E-state index contributed by atoms with van der Waals surface area (Å²) in [5.74, 6) is -0.570. The maximum atomic E-state index is 13.2. The number of ether oxygens (including phenoxy) is 1. The third kappa shape index (κ3) is 4.72. The number of hydrogen-bond donors (Lipinski definition) is 1. The summed E-state index contributed by atoms with van der Waals surface area (Å²) < 4.78 is 5.30. The van der Waals surface area contributed by atoms with Crippen molar-refractivity contribution in [2.24, 2.45) is 4.99 Å². The standard InChI is InChI=1S/C26H26N4O3S/c1-4-33-26(32)23-21(19-11-7-5-8-12-19)16-34-24(23)28-17-27-22-15-18(2)29(3)30(25(22)31)20-13-9-6-10-14-20/h5-17,22H,4H2,1-3H3,(H,27,28)/t22-/m0/s1. The minimum absolute atomic E-state index is 0.167. The Balaban J connectivity index is 1.59. The number of hydrazine groups is 1. The molecule has 174 valence electrons. The van der Waals surface area contributed by atoms with E-state index >= 15 is 0 Å². The highest BCUT2D eigenvalue weighted by molar-refractivity contribution is 7.15. The number of esters is 1. The predicted molar refractivity (Wildman–Crippen MR) is 137 cm³/mol. The molecule has 0 spiro atoms. The molecule has 8 heteroatoms. The Labute approximate surface area is 203 Å². The molecule has 1 atom stereocenters. The zero-order valence-corrected chi connectivity index (χ0v) is 20.1. The summed E-state index contributed by atoms with van der Waals surface area (Å²) in [5, 5.41) is 9.05. The van der Waals surface area contributed by atoms with Gasteiger partial charge < -0.3 is 10.1 Å². The zero-order valence-electron chi connectivity index (χ0n) is 19.3. The van der Waals surface area contributed by atoms with Gasteiger partial charge >= 0.3 is 5.97 Å². The number of benzene rings is 2. The number of para-hydroxylation sites is 1. The van der Waals surface area contributed by atoms with E-state index < -0.39 is 12.0 Å². The molecule has 1 N–H and O–H groups in total. The van der Waals surface area contributed by atoms with E-state index in [-0.39, 0.29) is 12.5 Å². The van der Waals surface area contributed by atoms with Crippen LogP contribution in [0.2, 0.25) is 0 Å². The van der Waals surface area contributed by atoms with Gasteiger partial charge in [0.1, 0.15) is 10.6 Å². The van der Waals surface area contributed by atoms with Crippen LogP contribution in [0.15, 0.2) is 82.8 Å². The number of rotatable bonds is 7. The molecule has 3 aromatic rings. The van der Waals surface area contributed by atoms with Gasteiger partial charge in [0.2, 0.25) is 0 Å². The van der Waals surface area contributed by atoms with E-state index in [0.29, 0.717) is 10.6 Å². The van der Waals surface area contributed by atoms with E-state index in [1.807, 2.05) is 86.1 Å². The monoisotopic (exact) mass is 474 g/mol. The van der Waals surface area contributed by atoms with Gasteiger partial charge in [0.15, 0.2) is 6.04 Å². The molecule has 2 heterocycles. The average Bonchev–Trinajstić information content (AvgIpc) is 3.28. The van der Waals surface area contributed by atoms with Crippen molar-refractivity contribution in [1.29, 1.82) is 0 Å². The summed E-state index contributed by atoms with van der Waals surface area (Å²) >= 11 is 1.39. The van der Waals surface area contributed by atoms with E-state index in [4.69, 9.17) is 4.74 Å². The molecule has 34 heavy (non-hydrogen) atoms. The topological polar surface area (TPSA) is 74.2 Å². The largest absolute Gasteiger partial charge is 0.462 e. The van der Waals surface area contributed by atoms with E-state index in [2.05, 4.69) is 10.3 Å². The van der Waals surface area contributed by atoms with Crippen molar-refractivity contribution < 1.29 is 14.3 Å². The van der Waals surface area contributed by atoms with Crippen molar-refractivity contribution in [2.45, 2.75) is 19.9 Å². The highest BCUT2D eigenvalue weighted by Gasteiger charge is 2.31. The molecule has 2 aromatic carbocycles. The van der Waals surface area contributed by atoms with Crippen molar-refractivity contribution in [3.8, 4) is 11.1 Å². The number of aliphatic imine (C=N–C) groups is 1. The number of anilines is 2. The first-order chi connectivity index (χ1) is 16.5. The Bertz CT molecular complexity index is 1220. The lowest BCUT2D eigenvalue weighted by molar-refractivity contribution is -0.121. The third-order valence-electron chi connectivity index (χ3n) is 5.46. The Kier molecular flexibility index (Phi) is 7.08. The minimum Gasteiger partial charge on any atom is -0.462 e. The van der Waals surface area contributed by atoms with Crippen LogP contribution in [0.25, 0.3) is 11.1 Å². The molecular formula is C26H26N4O3S. The van der Waals surface area contributed by atoms with Crippen molar-refractivity contribution in [3.05, 3.63) is 83.4 Å². The van der Waals surface area contributed by atoms with Gasteiger partial charge in [-0.15, -0.1) is 11.3 Å². The molecule has 0 fully saturated rings. The molecule has 0 bridgehead atoms. The van der Waals surface area contributed by atoms with Crippen LogP contribution in [0.3, 0.4) is 0 Å². The van der Waals surface area contributed by atoms with Crippen molar-refractivity contribution >= 4 is 40.2 Å². The van der Waals surface area contributed by atoms with Gasteiger partial charge in [-0.1, -0.05) is 48.5 Å². The average molecular weight is 475 g/mol. The quantitative estimate of drug-likeness (QED) is 0.290. The first-order valence-electron chi connectivity index (χ1n) is 10.9. The summed E-state index contributed by atoms with van der Waals surface area (Å²) in [7, 11) is 1.84. The number of thiophene rings is 1. The Morgan fingerprint density at radius 2 is 1.82 bits per heavy atom. The molecule has 1 aromatic heterocycles. The maximum absolute atomic E-state index is 13.2. The Morgan fingerprint density at radius 3 is 2.50 bits per heavy atom. The summed E-state index contributed by atoms with van der Waals surface area (Å²) in [6.45, 7) is 3.99. The highest BCUT2D eigenvalue weighted by atomic mass is 32.1. The van der Waals surface area contributed by atoms with Gasteiger partial charge in [-0.2, -0.15) is 0 Å². The molecular weight excluding hydrogens is 448 g/mol. The SMILES string of the molecule is CCOC(=O)c1c(-c2ccccc2)csc1NC=N[C@H]1C=C(C)N(C)N(c2ccccc2)C1=O. The van der Waals surface area contributed by atoms with Crippen molar-refractivity contribution in [3.63, 3.8) is 0 Å². The van der Waals surface area contributed by atoms with Crippen molar-refractivity contribution in [1.82, 2.24) is 5.01 Å². The first kappa shape index (κ1) is 23.3. The number of amides is 1. The van der Waals surface area contributed by atoms with Crippen LogP contribution >= 0.6 is 11.3 Å². The summed E-state index contributed by atoms with van der Waals surface area (Å²) in [6.07, 6.45) is 3.29. The van der Waals surface area contributed by atoms with Gasteiger partial charge in [-0.05, 0) is 37.6 Å². The minimum atomic E-state index is -0.691. The van der Waals surface area contributed by atoms with Gasteiger partial charge in [0, 0.05) is 23.7 Å². The van der Waals surface area contributed by atoms with Crippen LogP contribution in [0.1, 0.15) is 24.2 Å². The van der Waals surface area contributed by atoms with Crippen LogP contribution in [0, 0.1) is 0 Å². The molecule has 4 rings (SSSR count). The second-order valence-electron chi connectivity index (χ2n) is 7.62. The van der Waals surface area contributed by atoms with Crippen LogP contribution in [-0.2, 0) is 9.53 Å². The number of allylic oxidation sites excluding steroid dienone is 1. The number of hydrogen-bond acceptors (Lipinski definition) is 6. The Hall–Kier alpha value is -3.91. The normalized spacial score (nSPS) is 16.0. The molecule has 7 nitrogen and oxygen atoms in total. The first-order valence-corrected chi connectivity index (χ1v) is 11.8. The summed E-state index contributed by atoms with van der Waals surface area (Å²) in [5.41, 5.74) is 3.85. The van der Waals surface area contributed by atoms with E-state index in [1.165, 1.54) is 17.7 Å². The smallest absolute Gasteiger partial charge is 0.341 e. The molecule has 0 aliphatic carbocycles. The lowest BCUT2D eigenvalue weighted by atomic mass is 10.0. The zero-order chi connectivity index (χ0) is 24.1. The number of nitrogens with zero attached hydrogens (tertiary/aromatic N) is 3. The fraction of sp³-hybridized carbons (Fsp3) is 0.192. The van der Waals surface area contributed by atoms with E-state index in [9.17, 15) is 9.59 Å². The van der Waals surface area contributed by atoms with Gasteiger partial charge in [-0.3, -0.25) is 14.8 Å². The van der Waals surface area contributed by atoms with Gasteiger partial charge in [-0.25, -0.2) is 9.80 Å². The maximum Gasteiger partial charge on any atom is 0.341 e. The molecule has 1 amide bonds. The van der Waals surface area contributed by atoms with Crippen LogP contribution < -0.4 is 10.3 Å². The predicted octanol–water partition coefficient (Wildman–Crippen LogP) is 5.20. The number of carbonyl (C=O) groups excluding carboxylic acids is 2. The molecule has 0 saturated carbocycles. The van der Waals surface area contributed by atoms with Gasteiger partial charge in [0.25, 0.3) is 5.91 Å². The van der Waals surface area contributed by atoms with Crippen LogP contribution in [-0.4, -0.2) is 42.9 Å². The lowest BCUT2D eigenvalue weighted by Gasteiger charge is -2.38. The fourth-order valence-corrected chi connectivity index (χ4v) is 4.61. The summed E-state index contributed by atoms with van der Waals surface area (Å²) in [6, 6.07) is 18.4. The summed E-state index contributed by atoms with van der Waals surface area (Å²) in [4.78, 5) is 30.4. The Morgan fingerprint density at radius 1 is 1.15 bits per heavy atom. The second-order valence-corrected chi connectivity index (χ2v) is 8.50. The molecule has 0 radical (unpaired) electrons. The second kappa shape index (κ2) is 10.4. The lowest BCUT2D eigenvalue weighted by Crippen LogP contribution is -2.51. The van der Waals surface area contributed by atoms with Crippen LogP contribution in [0.5, 0.6) is 0 Å². The van der Waals surface area contributed by atoms with Crippen LogP contribution in [0.4, 0.5) is 10.7 Å². The molecule has 0 saturated heterocycles. The van der Waals surface area contributed by atoms with Gasteiger partial charge in [0.05, 0.1) is 18.6 Å².